The molecule has 38 heavy (non-hydrogen) atoms. The van der Waals surface area contributed by atoms with E-state index in [9.17, 15) is 19.2 Å². The Hall–Kier alpha value is -2.66. The van der Waals surface area contributed by atoms with Crippen molar-refractivity contribution in [3.63, 3.8) is 0 Å². The number of rotatable bonds is 4. The zero-order chi connectivity index (χ0) is 27.5. The molecule has 0 amide bonds. The fourth-order valence-electron chi connectivity index (χ4n) is 5.76. The van der Waals surface area contributed by atoms with Gasteiger partial charge in [0, 0.05) is 63.3 Å². The number of likely N-dealkylation sites (tertiary alicyclic amines) is 2. The Balaban J connectivity index is 1.23. The molecule has 2 atom stereocenters. The molecular formula is C28H38N2O8. The highest BCUT2D eigenvalue weighted by Gasteiger charge is 2.44. The van der Waals surface area contributed by atoms with Gasteiger partial charge in [0.25, 0.3) is 0 Å². The molecule has 0 aromatic heterocycles. The molecule has 4 rings (SSSR count). The minimum Gasteiger partial charge on any atom is -0.387 e. The molecule has 4 saturated heterocycles. The molecule has 4 fully saturated rings. The monoisotopic (exact) mass is 530 g/mol. The SMILES string of the molecule is CC1OC2(CCN(C)CC2)CC1=CC(=O)OC(=O)/C=C\C(=O)OC(=O)C=C1CC2(CCN(C)CC2)OC1C. The van der Waals surface area contributed by atoms with Crippen LogP contribution in [0.1, 0.15) is 52.4 Å². The van der Waals surface area contributed by atoms with Crippen LogP contribution in [0.2, 0.25) is 0 Å². The van der Waals surface area contributed by atoms with Crippen LogP contribution >= 0.6 is 0 Å². The summed E-state index contributed by atoms with van der Waals surface area (Å²) in [6.07, 6.45) is 8.38. The van der Waals surface area contributed by atoms with Crippen molar-refractivity contribution in [1.82, 2.24) is 9.80 Å². The van der Waals surface area contributed by atoms with Gasteiger partial charge >= 0.3 is 23.9 Å². The van der Waals surface area contributed by atoms with E-state index < -0.39 is 23.9 Å². The average Bonchev–Trinajstić information content (AvgIpc) is 3.32. The first-order chi connectivity index (χ1) is 18.0. The van der Waals surface area contributed by atoms with E-state index >= 15 is 0 Å². The van der Waals surface area contributed by atoms with Crippen LogP contribution in [0.15, 0.2) is 35.5 Å². The molecule has 10 nitrogen and oxygen atoms in total. The number of carbonyl (C=O) groups excluding carboxylic acids is 4. The maximum atomic E-state index is 12.3. The van der Waals surface area contributed by atoms with Gasteiger partial charge in [-0.3, -0.25) is 0 Å². The van der Waals surface area contributed by atoms with E-state index in [1.54, 1.807) is 0 Å². The number of esters is 4. The van der Waals surface area contributed by atoms with Crippen molar-refractivity contribution >= 4 is 23.9 Å². The number of hydrogen-bond acceptors (Lipinski definition) is 10. The largest absolute Gasteiger partial charge is 0.387 e. The highest BCUT2D eigenvalue weighted by Crippen LogP contribution is 2.42. The Morgan fingerprint density at radius 1 is 0.684 bits per heavy atom. The van der Waals surface area contributed by atoms with Crippen LogP contribution in [0.25, 0.3) is 0 Å². The zero-order valence-corrected chi connectivity index (χ0v) is 22.7. The van der Waals surface area contributed by atoms with Crippen molar-refractivity contribution in [1.29, 1.82) is 0 Å². The third kappa shape index (κ3) is 7.05. The fraction of sp³-hybridized carbons (Fsp3) is 0.643. The summed E-state index contributed by atoms with van der Waals surface area (Å²) in [5, 5.41) is 0. The Labute approximate surface area is 223 Å². The summed E-state index contributed by atoms with van der Waals surface area (Å²) >= 11 is 0. The van der Waals surface area contributed by atoms with Gasteiger partial charge in [-0.1, -0.05) is 0 Å². The lowest BCUT2D eigenvalue weighted by Gasteiger charge is -2.37. The van der Waals surface area contributed by atoms with E-state index in [0.29, 0.717) is 12.8 Å². The standard InChI is InChI=1S/C28H38N2O8/c1-19-21(17-27(37-19)7-11-29(3)12-8-27)15-25(33)35-23(31)5-6-24(32)36-26(34)16-22-18-28(38-20(22)2)9-13-30(4)14-10-28/h5-6,15-16,19-20H,7-14,17-18H2,1-4H3/b6-5-,21-15?,22-16?. The lowest BCUT2D eigenvalue weighted by atomic mass is 9.87. The van der Waals surface area contributed by atoms with Crippen LogP contribution in [0.4, 0.5) is 0 Å². The van der Waals surface area contributed by atoms with Gasteiger partial charge in [0.15, 0.2) is 0 Å². The Morgan fingerprint density at radius 2 is 1.03 bits per heavy atom. The smallest absolute Gasteiger partial charge is 0.338 e. The van der Waals surface area contributed by atoms with Crippen LogP contribution in [0.5, 0.6) is 0 Å². The van der Waals surface area contributed by atoms with Crippen molar-refractivity contribution < 1.29 is 38.1 Å². The maximum absolute atomic E-state index is 12.3. The first kappa shape index (κ1) is 28.4. The molecular weight excluding hydrogens is 492 g/mol. The summed E-state index contributed by atoms with van der Waals surface area (Å²) < 4.78 is 21.9. The van der Waals surface area contributed by atoms with Gasteiger partial charge in [0.05, 0.1) is 23.4 Å². The molecule has 4 aliphatic rings. The van der Waals surface area contributed by atoms with Gasteiger partial charge in [0.1, 0.15) is 0 Å². The van der Waals surface area contributed by atoms with Crippen LogP contribution < -0.4 is 0 Å². The van der Waals surface area contributed by atoms with E-state index in [4.69, 9.17) is 18.9 Å². The van der Waals surface area contributed by atoms with Gasteiger partial charge < -0.3 is 28.7 Å². The summed E-state index contributed by atoms with van der Waals surface area (Å²) in [4.78, 5) is 53.1. The lowest BCUT2D eigenvalue weighted by molar-refractivity contribution is -0.155. The van der Waals surface area contributed by atoms with Gasteiger partial charge in [-0.2, -0.15) is 0 Å². The molecule has 0 N–H and O–H groups in total. The lowest BCUT2D eigenvalue weighted by Crippen LogP contribution is -2.42. The molecule has 4 aliphatic heterocycles. The highest BCUT2D eigenvalue weighted by molar-refractivity contribution is 6.02. The quantitative estimate of drug-likeness (QED) is 0.304. The van der Waals surface area contributed by atoms with E-state index in [0.717, 1.165) is 75.2 Å². The number of hydrogen-bond donors (Lipinski definition) is 0. The normalized spacial score (nSPS) is 29.5. The predicted octanol–water partition coefficient (Wildman–Crippen LogP) is 2.08. The summed E-state index contributed by atoms with van der Waals surface area (Å²) in [5.41, 5.74) is 1.01. The molecule has 2 unspecified atom stereocenters. The number of nitrogens with zero attached hydrogens (tertiary/aromatic N) is 2. The molecule has 0 radical (unpaired) electrons. The van der Waals surface area contributed by atoms with Gasteiger partial charge in [-0.15, -0.1) is 0 Å². The van der Waals surface area contributed by atoms with Crippen molar-refractivity contribution in [2.75, 3.05) is 40.3 Å². The Kier molecular flexibility index (Phi) is 8.66. The predicted molar refractivity (Wildman–Crippen MR) is 137 cm³/mol. The summed E-state index contributed by atoms with van der Waals surface area (Å²) in [7, 11) is 4.13. The first-order valence-corrected chi connectivity index (χ1v) is 13.3. The molecule has 10 heteroatoms. The van der Waals surface area contributed by atoms with Crippen LogP contribution in [0.3, 0.4) is 0 Å². The van der Waals surface area contributed by atoms with Crippen LogP contribution in [-0.4, -0.2) is 97.4 Å². The molecule has 0 aliphatic carbocycles. The van der Waals surface area contributed by atoms with E-state index in [2.05, 4.69) is 23.9 Å². The fourth-order valence-corrected chi connectivity index (χ4v) is 5.76. The second-order valence-corrected chi connectivity index (χ2v) is 11.1. The van der Waals surface area contributed by atoms with Crippen molar-refractivity contribution in [3.8, 4) is 0 Å². The Morgan fingerprint density at radius 3 is 1.37 bits per heavy atom. The molecule has 208 valence electrons. The molecule has 0 saturated carbocycles. The molecule has 0 aromatic rings. The molecule has 0 aromatic carbocycles. The first-order valence-electron chi connectivity index (χ1n) is 13.3. The Bertz CT molecular complexity index is 963. The highest BCUT2D eigenvalue weighted by atomic mass is 16.6. The van der Waals surface area contributed by atoms with Crippen molar-refractivity contribution in [2.24, 2.45) is 0 Å². The van der Waals surface area contributed by atoms with Gasteiger partial charge in [-0.05, 0) is 64.8 Å². The summed E-state index contributed by atoms with van der Waals surface area (Å²) in [6, 6.07) is 0. The maximum Gasteiger partial charge on any atom is 0.338 e. The zero-order valence-electron chi connectivity index (χ0n) is 22.7. The summed E-state index contributed by atoms with van der Waals surface area (Å²) in [6.45, 7) is 7.46. The van der Waals surface area contributed by atoms with Gasteiger partial charge in [-0.25, -0.2) is 19.2 Å². The van der Waals surface area contributed by atoms with Gasteiger partial charge in [0.2, 0.25) is 0 Å². The molecule has 0 bridgehead atoms. The molecule has 2 spiro atoms. The average molecular weight is 531 g/mol. The minimum absolute atomic E-state index is 0.242. The summed E-state index contributed by atoms with van der Waals surface area (Å²) in [5.74, 6) is -3.72. The number of ether oxygens (including phenoxy) is 4. The van der Waals surface area contributed by atoms with E-state index in [1.165, 1.54) is 12.2 Å². The van der Waals surface area contributed by atoms with Crippen LogP contribution in [-0.2, 0) is 38.1 Å². The third-order valence-corrected chi connectivity index (χ3v) is 8.11. The van der Waals surface area contributed by atoms with Crippen molar-refractivity contribution in [2.45, 2.75) is 75.8 Å². The van der Waals surface area contributed by atoms with E-state index in [-0.39, 0.29) is 23.4 Å². The second-order valence-electron chi connectivity index (χ2n) is 11.1. The van der Waals surface area contributed by atoms with Crippen LogP contribution in [0, 0.1) is 0 Å². The minimum atomic E-state index is -1.03. The topological polar surface area (TPSA) is 112 Å². The second kappa shape index (κ2) is 11.6. The number of piperidine rings is 2. The van der Waals surface area contributed by atoms with Crippen molar-refractivity contribution in [3.05, 3.63) is 35.5 Å². The number of carbonyl (C=O) groups is 4. The van der Waals surface area contributed by atoms with E-state index in [1.807, 2.05) is 13.8 Å². The molecule has 4 heterocycles. The third-order valence-electron chi connectivity index (χ3n) is 8.11.